The Labute approximate surface area is 99.0 Å². The molecule has 0 amide bonds. The molecule has 3 atom stereocenters. The summed E-state index contributed by atoms with van der Waals surface area (Å²) in [5, 5.41) is 0.770. The number of rotatable bonds is 5. The van der Waals surface area contributed by atoms with E-state index in [0.717, 1.165) is 18.3 Å². The minimum Gasteiger partial charge on any atom is -0.329 e. The molecule has 90 valence electrons. The summed E-state index contributed by atoms with van der Waals surface area (Å²) in [7, 11) is 0. The highest BCUT2D eigenvalue weighted by Crippen LogP contribution is 2.39. The van der Waals surface area contributed by atoms with Gasteiger partial charge in [-0.15, -0.1) is 0 Å². The maximum Gasteiger partial charge on any atom is 0.0435 e. The third kappa shape index (κ3) is 2.69. The Morgan fingerprint density at radius 3 is 2.53 bits per heavy atom. The molecule has 0 spiro atoms. The summed E-state index contributed by atoms with van der Waals surface area (Å²) in [5.74, 6) is 1.21. The molecule has 0 aromatic rings. The molecule has 0 aliphatic carbocycles. The zero-order valence-corrected chi connectivity index (χ0v) is 11.4. The fraction of sp³-hybridized carbons (Fsp3) is 1.00. The second kappa shape index (κ2) is 5.55. The molecule has 0 bridgehead atoms. The van der Waals surface area contributed by atoms with E-state index in [4.69, 9.17) is 5.73 Å². The summed E-state index contributed by atoms with van der Waals surface area (Å²) in [6.07, 6.45) is 2.47. The fourth-order valence-corrected chi connectivity index (χ4v) is 4.17. The summed E-state index contributed by atoms with van der Waals surface area (Å²) in [6.45, 7) is 11.1. The van der Waals surface area contributed by atoms with Crippen LogP contribution in [0, 0.1) is 0 Å². The van der Waals surface area contributed by atoms with Gasteiger partial charge in [0.2, 0.25) is 0 Å². The third-order valence-electron chi connectivity index (χ3n) is 3.76. The molecule has 1 aliphatic heterocycles. The molecule has 3 heteroatoms. The molecule has 1 fully saturated rings. The Hall–Kier alpha value is 0.270. The Bertz CT molecular complexity index is 198. The molecule has 1 rings (SSSR count). The topological polar surface area (TPSA) is 29.3 Å². The summed E-state index contributed by atoms with van der Waals surface area (Å²) >= 11 is 2.08. The van der Waals surface area contributed by atoms with Crippen molar-refractivity contribution in [3.63, 3.8) is 0 Å². The van der Waals surface area contributed by atoms with E-state index in [9.17, 15) is 0 Å². The smallest absolute Gasteiger partial charge is 0.0435 e. The van der Waals surface area contributed by atoms with Crippen LogP contribution in [0.2, 0.25) is 0 Å². The average Bonchev–Trinajstić information content (AvgIpc) is 2.62. The van der Waals surface area contributed by atoms with Gasteiger partial charge in [-0.05, 0) is 26.3 Å². The summed E-state index contributed by atoms with van der Waals surface area (Å²) in [5.41, 5.74) is 6.32. The van der Waals surface area contributed by atoms with E-state index in [0.29, 0.717) is 6.04 Å². The van der Waals surface area contributed by atoms with Gasteiger partial charge in [-0.25, -0.2) is 0 Å². The van der Waals surface area contributed by atoms with Gasteiger partial charge in [-0.1, -0.05) is 20.8 Å². The Balaban J connectivity index is 2.78. The van der Waals surface area contributed by atoms with E-state index >= 15 is 0 Å². The fourth-order valence-electron chi connectivity index (χ4n) is 2.74. The van der Waals surface area contributed by atoms with Crippen molar-refractivity contribution in [3.8, 4) is 0 Å². The number of thioether (sulfide) groups is 1. The van der Waals surface area contributed by atoms with Gasteiger partial charge in [0.25, 0.3) is 0 Å². The highest BCUT2D eigenvalue weighted by molar-refractivity contribution is 8.00. The van der Waals surface area contributed by atoms with Gasteiger partial charge < -0.3 is 5.73 Å². The van der Waals surface area contributed by atoms with Crippen LogP contribution in [-0.4, -0.2) is 40.6 Å². The standard InChI is InChI=1S/C12H26N2S/c1-5-10(3)14(6-2)12(8-13)7-11(4)15-9-12/h10-11H,5-9,13H2,1-4H3. The first-order valence-electron chi connectivity index (χ1n) is 6.18. The van der Waals surface area contributed by atoms with Crippen LogP contribution in [0.1, 0.15) is 40.5 Å². The predicted octanol–water partition coefficient (Wildman–Crippen LogP) is 2.33. The van der Waals surface area contributed by atoms with Crippen LogP contribution in [0.3, 0.4) is 0 Å². The monoisotopic (exact) mass is 230 g/mol. The minimum absolute atomic E-state index is 0.272. The van der Waals surface area contributed by atoms with Crippen LogP contribution in [-0.2, 0) is 0 Å². The van der Waals surface area contributed by atoms with Gasteiger partial charge in [-0.2, -0.15) is 11.8 Å². The lowest BCUT2D eigenvalue weighted by Crippen LogP contribution is -2.57. The quantitative estimate of drug-likeness (QED) is 0.786. The molecular weight excluding hydrogens is 204 g/mol. The van der Waals surface area contributed by atoms with Crippen molar-refractivity contribution in [3.05, 3.63) is 0 Å². The average molecular weight is 230 g/mol. The normalized spacial score (nSPS) is 33.6. The van der Waals surface area contributed by atoms with Gasteiger partial charge >= 0.3 is 0 Å². The molecule has 1 saturated heterocycles. The third-order valence-corrected chi connectivity index (χ3v) is 5.20. The van der Waals surface area contributed by atoms with Crippen molar-refractivity contribution < 1.29 is 0 Å². The molecular formula is C12H26N2S. The Morgan fingerprint density at radius 2 is 2.20 bits per heavy atom. The Kier molecular flexibility index (Phi) is 4.94. The van der Waals surface area contributed by atoms with Crippen molar-refractivity contribution in [1.82, 2.24) is 4.90 Å². The molecule has 0 saturated carbocycles. The van der Waals surface area contributed by atoms with Crippen LogP contribution in [0.25, 0.3) is 0 Å². The molecule has 0 aromatic carbocycles. The first kappa shape index (κ1) is 13.3. The second-order valence-electron chi connectivity index (χ2n) is 4.80. The van der Waals surface area contributed by atoms with Crippen LogP contribution >= 0.6 is 11.8 Å². The highest BCUT2D eigenvalue weighted by Gasteiger charge is 2.42. The van der Waals surface area contributed by atoms with Gasteiger partial charge in [0.05, 0.1) is 0 Å². The number of likely N-dealkylation sites (N-methyl/N-ethyl adjacent to an activating group) is 1. The zero-order chi connectivity index (χ0) is 11.5. The molecule has 1 heterocycles. The predicted molar refractivity (Wildman–Crippen MR) is 70.5 cm³/mol. The van der Waals surface area contributed by atoms with Crippen LogP contribution in [0.4, 0.5) is 0 Å². The van der Waals surface area contributed by atoms with Gasteiger partial charge in [0.15, 0.2) is 0 Å². The molecule has 0 aromatic heterocycles. The summed E-state index contributed by atoms with van der Waals surface area (Å²) in [4.78, 5) is 2.63. The van der Waals surface area contributed by atoms with Crippen molar-refractivity contribution >= 4 is 11.8 Å². The van der Waals surface area contributed by atoms with Gasteiger partial charge in [0, 0.05) is 29.1 Å². The first-order chi connectivity index (χ1) is 7.09. The summed E-state index contributed by atoms with van der Waals surface area (Å²) < 4.78 is 0. The number of nitrogens with two attached hydrogens (primary N) is 1. The van der Waals surface area contributed by atoms with E-state index in [1.165, 1.54) is 18.6 Å². The number of hydrogen-bond donors (Lipinski definition) is 1. The van der Waals surface area contributed by atoms with Crippen molar-refractivity contribution in [2.75, 3.05) is 18.8 Å². The largest absolute Gasteiger partial charge is 0.329 e. The lowest BCUT2D eigenvalue weighted by Gasteiger charge is -2.43. The van der Waals surface area contributed by atoms with E-state index in [1.54, 1.807) is 0 Å². The van der Waals surface area contributed by atoms with E-state index in [2.05, 4.69) is 44.4 Å². The van der Waals surface area contributed by atoms with Gasteiger partial charge in [-0.3, -0.25) is 4.90 Å². The first-order valence-corrected chi connectivity index (χ1v) is 7.23. The van der Waals surface area contributed by atoms with Crippen molar-refractivity contribution in [2.24, 2.45) is 5.73 Å². The van der Waals surface area contributed by atoms with Crippen molar-refractivity contribution in [1.29, 1.82) is 0 Å². The van der Waals surface area contributed by atoms with E-state index in [-0.39, 0.29) is 5.54 Å². The van der Waals surface area contributed by atoms with Gasteiger partial charge in [0.1, 0.15) is 0 Å². The second-order valence-corrected chi connectivity index (χ2v) is 6.22. The maximum absolute atomic E-state index is 6.04. The zero-order valence-electron chi connectivity index (χ0n) is 10.6. The lowest BCUT2D eigenvalue weighted by atomic mass is 9.92. The molecule has 3 unspecified atom stereocenters. The van der Waals surface area contributed by atoms with Crippen molar-refractivity contribution in [2.45, 2.75) is 57.4 Å². The van der Waals surface area contributed by atoms with Crippen LogP contribution in [0.5, 0.6) is 0 Å². The molecule has 2 nitrogen and oxygen atoms in total. The van der Waals surface area contributed by atoms with E-state index < -0.39 is 0 Å². The Morgan fingerprint density at radius 1 is 1.53 bits per heavy atom. The molecule has 2 N–H and O–H groups in total. The number of hydrogen-bond acceptors (Lipinski definition) is 3. The van der Waals surface area contributed by atoms with Crippen LogP contribution < -0.4 is 5.73 Å². The molecule has 15 heavy (non-hydrogen) atoms. The molecule has 0 radical (unpaired) electrons. The lowest BCUT2D eigenvalue weighted by molar-refractivity contribution is 0.0748. The van der Waals surface area contributed by atoms with E-state index in [1.807, 2.05) is 0 Å². The maximum atomic E-state index is 6.04. The minimum atomic E-state index is 0.272. The number of nitrogens with zero attached hydrogens (tertiary/aromatic N) is 1. The molecule has 1 aliphatic rings. The summed E-state index contributed by atoms with van der Waals surface area (Å²) in [6, 6.07) is 0.657. The highest BCUT2D eigenvalue weighted by atomic mass is 32.2. The van der Waals surface area contributed by atoms with Crippen LogP contribution in [0.15, 0.2) is 0 Å². The SMILES string of the molecule is CCC(C)N(CC)C1(CN)CSC(C)C1.